The Morgan fingerprint density at radius 3 is 2.63 bits per heavy atom. The lowest BCUT2D eigenvalue weighted by atomic mass is 9.80. The van der Waals surface area contributed by atoms with Gasteiger partial charge >= 0.3 is 0 Å². The molecule has 0 saturated heterocycles. The highest BCUT2D eigenvalue weighted by molar-refractivity contribution is 14.0. The SMILES string of the molecule is CC1CCCCC1CN=C(N)Nc1ccccc1.I. The molecule has 2 atom stereocenters. The van der Waals surface area contributed by atoms with Crippen LogP contribution in [-0.2, 0) is 0 Å². The fraction of sp³-hybridized carbons (Fsp3) is 0.533. The molecule has 1 aromatic carbocycles. The number of nitrogens with one attached hydrogen (secondary N) is 1. The zero-order valence-electron chi connectivity index (χ0n) is 11.5. The average Bonchev–Trinajstić information content (AvgIpc) is 2.39. The van der Waals surface area contributed by atoms with E-state index in [4.69, 9.17) is 5.73 Å². The molecular weight excluding hydrogens is 349 g/mol. The number of aliphatic imine (C=N–C) groups is 1. The third-order valence-corrected chi connectivity index (χ3v) is 3.83. The quantitative estimate of drug-likeness (QED) is 0.480. The van der Waals surface area contributed by atoms with Crippen molar-refractivity contribution in [2.75, 3.05) is 11.9 Å². The van der Waals surface area contributed by atoms with Gasteiger partial charge in [0.2, 0.25) is 0 Å². The average molecular weight is 373 g/mol. The highest BCUT2D eigenvalue weighted by Crippen LogP contribution is 2.29. The van der Waals surface area contributed by atoms with Crippen molar-refractivity contribution < 1.29 is 0 Å². The number of benzene rings is 1. The Hall–Kier alpha value is -0.780. The molecule has 1 aromatic rings. The molecule has 0 amide bonds. The Kier molecular flexibility index (Phi) is 7.20. The monoisotopic (exact) mass is 373 g/mol. The van der Waals surface area contributed by atoms with Gasteiger partial charge in [-0.25, -0.2) is 0 Å². The fourth-order valence-corrected chi connectivity index (χ4v) is 2.59. The summed E-state index contributed by atoms with van der Waals surface area (Å²) in [6.07, 6.45) is 5.35. The molecule has 0 spiro atoms. The van der Waals surface area contributed by atoms with Gasteiger partial charge in [0.25, 0.3) is 0 Å². The predicted molar refractivity (Wildman–Crippen MR) is 93.1 cm³/mol. The molecule has 1 aliphatic carbocycles. The van der Waals surface area contributed by atoms with Crippen LogP contribution in [-0.4, -0.2) is 12.5 Å². The van der Waals surface area contributed by atoms with Crippen LogP contribution in [0.25, 0.3) is 0 Å². The summed E-state index contributed by atoms with van der Waals surface area (Å²) in [4.78, 5) is 4.48. The van der Waals surface area contributed by atoms with E-state index in [0.29, 0.717) is 11.9 Å². The molecule has 3 nitrogen and oxygen atoms in total. The molecule has 1 fully saturated rings. The van der Waals surface area contributed by atoms with E-state index in [1.807, 2.05) is 30.3 Å². The van der Waals surface area contributed by atoms with Crippen molar-refractivity contribution in [1.29, 1.82) is 0 Å². The Morgan fingerprint density at radius 2 is 1.95 bits per heavy atom. The maximum atomic E-state index is 5.91. The topological polar surface area (TPSA) is 50.4 Å². The molecular formula is C15H24IN3. The fourth-order valence-electron chi connectivity index (χ4n) is 2.59. The second kappa shape index (κ2) is 8.40. The number of halogens is 1. The number of nitrogens with two attached hydrogens (primary N) is 1. The van der Waals surface area contributed by atoms with Crippen LogP contribution in [0.15, 0.2) is 35.3 Å². The van der Waals surface area contributed by atoms with Crippen LogP contribution >= 0.6 is 24.0 Å². The Bertz CT molecular complexity index is 392. The van der Waals surface area contributed by atoms with Gasteiger partial charge in [0, 0.05) is 12.2 Å². The Morgan fingerprint density at radius 1 is 1.26 bits per heavy atom. The van der Waals surface area contributed by atoms with Gasteiger partial charge in [0.05, 0.1) is 0 Å². The normalized spacial score (nSPS) is 23.5. The third kappa shape index (κ3) is 5.38. The van der Waals surface area contributed by atoms with Crippen molar-refractivity contribution in [2.24, 2.45) is 22.6 Å². The minimum atomic E-state index is 0. The van der Waals surface area contributed by atoms with Crippen LogP contribution in [0, 0.1) is 11.8 Å². The standard InChI is InChI=1S/C15H23N3.HI/c1-12-7-5-6-8-13(12)11-17-15(16)18-14-9-3-2-4-10-14;/h2-4,9-10,12-13H,5-8,11H2,1H3,(H3,16,17,18);1H. The van der Waals surface area contributed by atoms with Gasteiger partial charge < -0.3 is 11.1 Å². The minimum absolute atomic E-state index is 0. The zero-order valence-corrected chi connectivity index (χ0v) is 13.8. The molecule has 2 rings (SSSR count). The molecule has 1 aliphatic rings. The van der Waals surface area contributed by atoms with E-state index in [9.17, 15) is 0 Å². The van der Waals surface area contributed by atoms with E-state index >= 15 is 0 Å². The highest BCUT2D eigenvalue weighted by atomic mass is 127. The van der Waals surface area contributed by atoms with E-state index in [-0.39, 0.29) is 24.0 Å². The minimum Gasteiger partial charge on any atom is -0.370 e. The van der Waals surface area contributed by atoms with Crippen molar-refractivity contribution in [1.82, 2.24) is 0 Å². The molecule has 4 heteroatoms. The van der Waals surface area contributed by atoms with Crippen LogP contribution in [0.4, 0.5) is 5.69 Å². The van der Waals surface area contributed by atoms with E-state index in [2.05, 4.69) is 17.2 Å². The maximum absolute atomic E-state index is 5.91. The second-order valence-corrected chi connectivity index (χ2v) is 5.24. The predicted octanol–water partition coefficient (Wildman–Crippen LogP) is 3.86. The molecule has 3 N–H and O–H groups in total. The Labute approximate surface area is 133 Å². The molecule has 1 saturated carbocycles. The first-order valence-corrected chi connectivity index (χ1v) is 6.87. The molecule has 0 heterocycles. The second-order valence-electron chi connectivity index (χ2n) is 5.24. The summed E-state index contributed by atoms with van der Waals surface area (Å²) in [5, 5.41) is 3.12. The van der Waals surface area contributed by atoms with E-state index in [1.165, 1.54) is 25.7 Å². The summed E-state index contributed by atoms with van der Waals surface area (Å²) >= 11 is 0. The number of anilines is 1. The molecule has 0 aliphatic heterocycles. The van der Waals surface area contributed by atoms with Crippen LogP contribution < -0.4 is 11.1 Å². The summed E-state index contributed by atoms with van der Waals surface area (Å²) in [6, 6.07) is 9.94. The van der Waals surface area contributed by atoms with Gasteiger partial charge in [-0.05, 0) is 30.4 Å². The third-order valence-electron chi connectivity index (χ3n) is 3.83. The largest absolute Gasteiger partial charge is 0.370 e. The number of guanidine groups is 1. The molecule has 19 heavy (non-hydrogen) atoms. The first kappa shape index (κ1) is 16.3. The van der Waals surface area contributed by atoms with E-state index < -0.39 is 0 Å². The number of nitrogens with zero attached hydrogens (tertiary/aromatic N) is 1. The van der Waals surface area contributed by atoms with Gasteiger partial charge in [-0.2, -0.15) is 0 Å². The molecule has 0 aromatic heterocycles. The molecule has 2 unspecified atom stereocenters. The van der Waals surface area contributed by atoms with Gasteiger partial charge in [-0.15, -0.1) is 24.0 Å². The summed E-state index contributed by atoms with van der Waals surface area (Å²) in [7, 11) is 0. The number of para-hydroxylation sites is 1. The van der Waals surface area contributed by atoms with Crippen molar-refractivity contribution >= 4 is 35.6 Å². The number of hydrogen-bond acceptors (Lipinski definition) is 1. The van der Waals surface area contributed by atoms with Gasteiger partial charge in [-0.1, -0.05) is 44.4 Å². The first-order chi connectivity index (χ1) is 8.75. The molecule has 0 radical (unpaired) electrons. The van der Waals surface area contributed by atoms with Crippen molar-refractivity contribution in [3.05, 3.63) is 30.3 Å². The lowest BCUT2D eigenvalue weighted by Gasteiger charge is -2.27. The number of rotatable bonds is 3. The molecule has 0 bridgehead atoms. The highest BCUT2D eigenvalue weighted by Gasteiger charge is 2.20. The summed E-state index contributed by atoms with van der Waals surface area (Å²) in [5.41, 5.74) is 6.90. The maximum Gasteiger partial charge on any atom is 0.193 e. The van der Waals surface area contributed by atoms with E-state index in [1.54, 1.807) is 0 Å². The van der Waals surface area contributed by atoms with Crippen molar-refractivity contribution in [3.63, 3.8) is 0 Å². The van der Waals surface area contributed by atoms with Crippen LogP contribution in [0.3, 0.4) is 0 Å². The van der Waals surface area contributed by atoms with Crippen molar-refractivity contribution in [3.8, 4) is 0 Å². The summed E-state index contributed by atoms with van der Waals surface area (Å²) in [6.45, 7) is 3.19. The zero-order chi connectivity index (χ0) is 12.8. The molecule has 106 valence electrons. The van der Waals surface area contributed by atoms with E-state index in [0.717, 1.165) is 18.2 Å². The summed E-state index contributed by atoms with van der Waals surface area (Å²) < 4.78 is 0. The lowest BCUT2D eigenvalue weighted by molar-refractivity contribution is 0.264. The Balaban J connectivity index is 0.00000180. The smallest absolute Gasteiger partial charge is 0.193 e. The van der Waals surface area contributed by atoms with Crippen molar-refractivity contribution in [2.45, 2.75) is 32.6 Å². The lowest BCUT2D eigenvalue weighted by Crippen LogP contribution is -2.26. The van der Waals surface area contributed by atoms with Gasteiger partial charge in [0.1, 0.15) is 0 Å². The van der Waals surface area contributed by atoms with Crippen LogP contribution in [0.5, 0.6) is 0 Å². The summed E-state index contributed by atoms with van der Waals surface area (Å²) in [5.74, 6) is 2.01. The van der Waals surface area contributed by atoms with Crippen LogP contribution in [0.2, 0.25) is 0 Å². The first-order valence-electron chi connectivity index (χ1n) is 6.87. The number of hydrogen-bond donors (Lipinski definition) is 2. The van der Waals surface area contributed by atoms with Gasteiger partial charge in [0.15, 0.2) is 5.96 Å². The van der Waals surface area contributed by atoms with Crippen LogP contribution in [0.1, 0.15) is 32.6 Å². The van der Waals surface area contributed by atoms with Gasteiger partial charge in [-0.3, -0.25) is 4.99 Å².